The third-order valence-electron chi connectivity index (χ3n) is 5.99. The van der Waals surface area contributed by atoms with Crippen molar-refractivity contribution in [1.29, 1.82) is 0 Å². The minimum absolute atomic E-state index is 0.00371. The Morgan fingerprint density at radius 3 is 2.54 bits per heavy atom. The lowest BCUT2D eigenvalue weighted by Gasteiger charge is -2.36. The van der Waals surface area contributed by atoms with Gasteiger partial charge in [0.2, 0.25) is 5.91 Å². The second-order valence-corrected chi connectivity index (χ2v) is 13.1. The fourth-order valence-electron chi connectivity index (χ4n) is 4.48. The van der Waals surface area contributed by atoms with Gasteiger partial charge in [0, 0.05) is 37.9 Å². The molecule has 41 heavy (non-hydrogen) atoms. The van der Waals surface area contributed by atoms with Crippen LogP contribution < -0.4 is 20.3 Å². The molecule has 1 saturated heterocycles. The first-order chi connectivity index (χ1) is 19.2. The third-order valence-corrected chi connectivity index (χ3v) is 7.22. The van der Waals surface area contributed by atoms with Crippen LogP contribution in [0.3, 0.4) is 0 Å². The number of thiophene rings is 1. The molecule has 13 heteroatoms. The van der Waals surface area contributed by atoms with Crippen molar-refractivity contribution in [3.8, 4) is 5.75 Å². The van der Waals surface area contributed by atoms with Gasteiger partial charge < -0.3 is 25.0 Å². The Morgan fingerprint density at radius 1 is 1.22 bits per heavy atom. The maximum Gasteiger partial charge on any atom is 0.387 e. The summed E-state index contributed by atoms with van der Waals surface area (Å²) in [6.07, 6.45) is 0. The van der Waals surface area contributed by atoms with Gasteiger partial charge >= 0.3 is 6.61 Å². The highest BCUT2D eigenvalue weighted by atomic mass is 35.5. The predicted molar refractivity (Wildman–Crippen MR) is 156 cm³/mol. The van der Waals surface area contributed by atoms with Crippen LogP contribution in [0, 0.1) is 11.3 Å². The molecule has 1 fully saturated rings. The van der Waals surface area contributed by atoms with Crippen LogP contribution in [-0.2, 0) is 14.3 Å². The summed E-state index contributed by atoms with van der Waals surface area (Å²) in [5, 5.41) is 5.64. The van der Waals surface area contributed by atoms with Gasteiger partial charge in [-0.15, -0.1) is 11.3 Å². The van der Waals surface area contributed by atoms with Crippen molar-refractivity contribution in [3.05, 3.63) is 39.5 Å². The van der Waals surface area contributed by atoms with Crippen LogP contribution >= 0.6 is 22.9 Å². The summed E-state index contributed by atoms with van der Waals surface area (Å²) in [6.45, 7) is 8.51. The molecule has 1 aromatic heterocycles. The summed E-state index contributed by atoms with van der Waals surface area (Å²) in [5.41, 5.74) is 0.199. The zero-order valence-electron chi connectivity index (χ0n) is 23.8. The SMILES string of the molecule is CC(C)CN(CC(C)(C)C)[C@H](CNC(=O)c1ccc(Cl)s1)C(=O)Nc1ccc(N2CCOCC2=O)c(OC(F)F)c1. The highest BCUT2D eigenvalue weighted by Crippen LogP contribution is 2.34. The number of benzene rings is 1. The molecule has 1 aliphatic heterocycles. The first-order valence-electron chi connectivity index (χ1n) is 13.3. The van der Waals surface area contributed by atoms with E-state index in [-0.39, 0.29) is 66.6 Å². The van der Waals surface area contributed by atoms with Gasteiger partial charge in [0.1, 0.15) is 12.6 Å². The Kier molecular flexibility index (Phi) is 11.5. The molecule has 2 aromatic rings. The number of rotatable bonds is 12. The first-order valence-corrected chi connectivity index (χ1v) is 14.5. The van der Waals surface area contributed by atoms with Gasteiger partial charge in [-0.2, -0.15) is 8.78 Å². The number of carbonyl (C=O) groups excluding carboxylic acids is 3. The molecule has 0 aliphatic carbocycles. The van der Waals surface area contributed by atoms with Crippen LogP contribution in [0.15, 0.2) is 30.3 Å². The number of halogens is 3. The molecule has 1 aliphatic rings. The minimum Gasteiger partial charge on any atom is -0.433 e. The summed E-state index contributed by atoms with van der Waals surface area (Å²) in [7, 11) is 0. The lowest BCUT2D eigenvalue weighted by atomic mass is 9.94. The number of carbonyl (C=O) groups is 3. The highest BCUT2D eigenvalue weighted by molar-refractivity contribution is 7.18. The normalized spacial score (nSPS) is 15.0. The number of hydrogen-bond acceptors (Lipinski definition) is 7. The monoisotopic (exact) mass is 614 g/mol. The van der Waals surface area contributed by atoms with E-state index in [0.29, 0.717) is 22.3 Å². The number of nitrogens with zero attached hydrogens (tertiary/aromatic N) is 2. The topological polar surface area (TPSA) is 100 Å². The fraction of sp³-hybridized carbons (Fsp3) is 0.536. The summed E-state index contributed by atoms with van der Waals surface area (Å²) < 4.78 is 36.9. The fourth-order valence-corrected chi connectivity index (χ4v) is 5.44. The summed E-state index contributed by atoms with van der Waals surface area (Å²) >= 11 is 7.12. The maximum absolute atomic E-state index is 13.8. The van der Waals surface area contributed by atoms with E-state index >= 15 is 0 Å². The van der Waals surface area contributed by atoms with Crippen molar-refractivity contribution in [2.45, 2.75) is 47.3 Å². The molecular weight excluding hydrogens is 578 g/mol. The maximum atomic E-state index is 13.8. The van der Waals surface area contributed by atoms with E-state index in [1.54, 1.807) is 12.1 Å². The van der Waals surface area contributed by atoms with E-state index in [1.165, 1.54) is 23.1 Å². The predicted octanol–water partition coefficient (Wildman–Crippen LogP) is 5.11. The minimum atomic E-state index is -3.14. The van der Waals surface area contributed by atoms with E-state index in [4.69, 9.17) is 21.1 Å². The van der Waals surface area contributed by atoms with E-state index in [0.717, 1.165) is 11.3 Å². The van der Waals surface area contributed by atoms with Gasteiger partial charge in [0.15, 0.2) is 5.75 Å². The smallest absolute Gasteiger partial charge is 0.387 e. The van der Waals surface area contributed by atoms with Crippen molar-refractivity contribution in [3.63, 3.8) is 0 Å². The summed E-state index contributed by atoms with van der Waals surface area (Å²) in [5.74, 6) is -1.21. The third kappa shape index (κ3) is 9.91. The van der Waals surface area contributed by atoms with Crippen LogP contribution in [0.5, 0.6) is 5.75 Å². The largest absolute Gasteiger partial charge is 0.433 e. The molecule has 2 N–H and O–H groups in total. The second kappa shape index (κ2) is 14.4. The van der Waals surface area contributed by atoms with E-state index in [9.17, 15) is 23.2 Å². The first kappa shape index (κ1) is 32.7. The number of amides is 3. The van der Waals surface area contributed by atoms with Crippen molar-refractivity contribution in [2.24, 2.45) is 11.3 Å². The van der Waals surface area contributed by atoms with E-state index in [2.05, 4.69) is 31.4 Å². The highest BCUT2D eigenvalue weighted by Gasteiger charge is 2.31. The summed E-state index contributed by atoms with van der Waals surface area (Å²) in [6, 6.07) is 6.70. The molecule has 1 aromatic carbocycles. The molecule has 1 atom stereocenters. The van der Waals surface area contributed by atoms with E-state index < -0.39 is 18.6 Å². The Hall–Kier alpha value is -2.80. The van der Waals surface area contributed by atoms with Gasteiger partial charge in [-0.25, -0.2) is 0 Å². The average molecular weight is 615 g/mol. The zero-order chi connectivity index (χ0) is 30.3. The quantitative estimate of drug-likeness (QED) is 0.345. The lowest BCUT2D eigenvalue weighted by Crippen LogP contribution is -2.53. The van der Waals surface area contributed by atoms with Crippen LogP contribution in [0.4, 0.5) is 20.2 Å². The molecule has 3 rings (SSSR count). The second-order valence-electron chi connectivity index (χ2n) is 11.4. The van der Waals surface area contributed by atoms with Crippen LogP contribution in [0.25, 0.3) is 0 Å². The summed E-state index contributed by atoms with van der Waals surface area (Å²) in [4.78, 5) is 42.6. The number of nitrogens with one attached hydrogen (secondary N) is 2. The molecule has 9 nitrogen and oxygen atoms in total. The molecular formula is C28H37ClF2N4O5S. The average Bonchev–Trinajstić information content (AvgIpc) is 3.29. The number of hydrogen-bond donors (Lipinski definition) is 2. The Balaban J connectivity index is 1.89. The molecule has 0 saturated carbocycles. The molecule has 3 amide bonds. The number of alkyl halides is 2. The standard InChI is InChI=1S/C28H37ClF2N4O5S/c1-17(2)14-34(16-28(3,4)5)20(13-32-26(38)22-8-9-23(29)41-22)25(37)33-18-6-7-19(21(12-18)40-27(30)31)35-10-11-39-15-24(35)36/h6-9,12,17,20,27H,10-11,13-16H2,1-5H3,(H,32,38)(H,33,37)/t20-/m1/s1. The van der Waals surface area contributed by atoms with Crippen molar-refractivity contribution >= 4 is 52.0 Å². The van der Waals surface area contributed by atoms with Gasteiger partial charge in [-0.1, -0.05) is 46.2 Å². The Labute approximate surface area is 248 Å². The van der Waals surface area contributed by atoms with Crippen molar-refractivity contribution < 1.29 is 32.6 Å². The number of morpholine rings is 1. The van der Waals surface area contributed by atoms with Gasteiger partial charge in [0.25, 0.3) is 11.8 Å². The van der Waals surface area contributed by atoms with Crippen LogP contribution in [0.2, 0.25) is 4.34 Å². The Bertz CT molecular complexity index is 1220. The van der Waals surface area contributed by atoms with Gasteiger partial charge in [0.05, 0.1) is 21.5 Å². The van der Waals surface area contributed by atoms with Crippen LogP contribution in [0.1, 0.15) is 44.3 Å². The zero-order valence-corrected chi connectivity index (χ0v) is 25.4. The van der Waals surface area contributed by atoms with Gasteiger partial charge in [-0.3, -0.25) is 19.3 Å². The number of anilines is 2. The molecule has 0 radical (unpaired) electrons. The molecule has 0 bridgehead atoms. The van der Waals surface area contributed by atoms with Crippen LogP contribution in [-0.4, -0.2) is 74.7 Å². The number of ether oxygens (including phenoxy) is 2. The van der Waals surface area contributed by atoms with E-state index in [1.807, 2.05) is 18.7 Å². The molecule has 0 spiro atoms. The Morgan fingerprint density at radius 2 is 1.95 bits per heavy atom. The molecule has 2 heterocycles. The van der Waals surface area contributed by atoms with Crippen molar-refractivity contribution in [1.82, 2.24) is 10.2 Å². The van der Waals surface area contributed by atoms with Gasteiger partial charge in [-0.05, 0) is 35.6 Å². The van der Waals surface area contributed by atoms with Crippen molar-refractivity contribution in [2.75, 3.05) is 49.6 Å². The molecule has 226 valence electrons. The lowest BCUT2D eigenvalue weighted by molar-refractivity contribution is -0.126. The molecule has 0 unspecified atom stereocenters.